The van der Waals surface area contributed by atoms with Crippen molar-refractivity contribution in [3.05, 3.63) is 5.25 Å². The topological polar surface area (TPSA) is 0 Å². The summed E-state index contributed by atoms with van der Waals surface area (Å²) in [7, 11) is 0. The van der Waals surface area contributed by atoms with Crippen LogP contribution in [0.5, 0.6) is 0 Å². The van der Waals surface area contributed by atoms with Gasteiger partial charge in [0.15, 0.2) is 0 Å². The summed E-state index contributed by atoms with van der Waals surface area (Å²) in [6, 6.07) is 0. The molecule has 0 N–H and O–H groups in total. The minimum Gasteiger partial charge on any atom is -0.154 e. The normalized spacial score (nSPS) is 10.5. The summed E-state index contributed by atoms with van der Waals surface area (Å²) < 4.78 is 0. The number of rotatable bonds is 4. The Morgan fingerprint density at radius 3 is 2.38 bits per heavy atom. The molecule has 0 aliphatic heterocycles. The van der Waals surface area contributed by atoms with Crippen LogP contribution in [0.15, 0.2) is 0 Å². The van der Waals surface area contributed by atoms with E-state index in [-0.39, 0.29) is 0 Å². The molecule has 0 aliphatic carbocycles. The molecule has 0 fully saturated rings. The summed E-state index contributed by atoms with van der Waals surface area (Å²) in [6.45, 7) is 6.56. The minimum absolute atomic E-state index is 1.30. The van der Waals surface area contributed by atoms with Crippen LogP contribution in [-0.4, -0.2) is 5.75 Å². The van der Waals surface area contributed by atoms with Crippen molar-refractivity contribution in [2.24, 2.45) is 0 Å². The summed E-state index contributed by atoms with van der Waals surface area (Å²) in [5, 5.41) is 1.48. The van der Waals surface area contributed by atoms with E-state index in [1.54, 1.807) is 0 Å². The number of unbranched alkanes of at least 4 members (excludes halogenated alkanes) is 1. The Hall–Kier alpha value is 0.350. The minimum atomic E-state index is 1.30. The molecule has 0 amide bonds. The van der Waals surface area contributed by atoms with Gasteiger partial charge in [-0.3, -0.25) is 0 Å². The molecule has 0 aromatic carbocycles. The van der Waals surface area contributed by atoms with E-state index in [0.29, 0.717) is 0 Å². The summed E-state index contributed by atoms with van der Waals surface area (Å²) in [5.74, 6) is 1.30. The average Bonchev–Trinajstić information content (AvgIpc) is 1.66. The number of thioether (sulfide) groups is 1. The molecular formula is C7H15S. The van der Waals surface area contributed by atoms with Gasteiger partial charge < -0.3 is 0 Å². The highest BCUT2D eigenvalue weighted by molar-refractivity contribution is 8.02. The Kier molecular flexibility index (Phi) is 5.73. The third kappa shape index (κ3) is 6.35. The van der Waals surface area contributed by atoms with Gasteiger partial charge in [-0.05, 0) is 26.0 Å². The van der Waals surface area contributed by atoms with Crippen LogP contribution in [0.1, 0.15) is 33.6 Å². The number of hydrogen-bond acceptors (Lipinski definition) is 1. The van der Waals surface area contributed by atoms with Crippen molar-refractivity contribution in [3.63, 3.8) is 0 Å². The van der Waals surface area contributed by atoms with Crippen LogP contribution in [-0.2, 0) is 0 Å². The zero-order valence-electron chi connectivity index (χ0n) is 6.03. The molecule has 0 bridgehead atoms. The summed E-state index contributed by atoms with van der Waals surface area (Å²) >= 11 is 1.97. The van der Waals surface area contributed by atoms with Gasteiger partial charge >= 0.3 is 0 Å². The highest BCUT2D eigenvalue weighted by Crippen LogP contribution is 2.17. The van der Waals surface area contributed by atoms with E-state index in [4.69, 9.17) is 0 Å². The van der Waals surface area contributed by atoms with Crippen molar-refractivity contribution < 1.29 is 0 Å². The summed E-state index contributed by atoms with van der Waals surface area (Å²) in [4.78, 5) is 0. The van der Waals surface area contributed by atoms with Crippen molar-refractivity contribution in [1.29, 1.82) is 0 Å². The number of hydrogen-bond donors (Lipinski definition) is 0. The maximum absolute atomic E-state index is 2.23. The Balaban J connectivity index is 2.72. The molecule has 49 valence electrons. The molecule has 1 radical (unpaired) electrons. The van der Waals surface area contributed by atoms with Gasteiger partial charge in [-0.1, -0.05) is 13.3 Å². The van der Waals surface area contributed by atoms with E-state index in [2.05, 4.69) is 20.8 Å². The lowest BCUT2D eigenvalue weighted by Crippen LogP contribution is -1.80. The van der Waals surface area contributed by atoms with E-state index >= 15 is 0 Å². The van der Waals surface area contributed by atoms with E-state index in [1.807, 2.05) is 11.8 Å². The molecule has 0 saturated heterocycles. The van der Waals surface area contributed by atoms with Gasteiger partial charge in [-0.2, -0.15) is 11.8 Å². The second-order valence-electron chi connectivity index (χ2n) is 2.11. The first-order chi connectivity index (χ1) is 3.77. The second-order valence-corrected chi connectivity index (χ2v) is 3.62. The second kappa shape index (κ2) is 5.49. The summed E-state index contributed by atoms with van der Waals surface area (Å²) in [5.41, 5.74) is 0. The molecule has 0 heterocycles. The highest BCUT2D eigenvalue weighted by Gasteiger charge is 1.91. The van der Waals surface area contributed by atoms with Gasteiger partial charge in [0.05, 0.1) is 0 Å². The predicted octanol–water partition coefficient (Wildman–Crippen LogP) is 3.09. The molecule has 1 heteroatoms. The molecular weight excluding hydrogens is 116 g/mol. The Morgan fingerprint density at radius 2 is 2.00 bits per heavy atom. The zero-order valence-corrected chi connectivity index (χ0v) is 6.85. The van der Waals surface area contributed by atoms with Gasteiger partial charge in [0.25, 0.3) is 0 Å². The fourth-order valence-electron chi connectivity index (χ4n) is 0.421. The van der Waals surface area contributed by atoms with E-state index in [0.717, 1.165) is 0 Å². The molecule has 0 rings (SSSR count). The Bertz CT molecular complexity index is 41.7. The quantitative estimate of drug-likeness (QED) is 0.528. The smallest absolute Gasteiger partial charge is 0.0245 e. The molecule has 0 spiro atoms. The first kappa shape index (κ1) is 8.35. The van der Waals surface area contributed by atoms with E-state index < -0.39 is 0 Å². The molecule has 0 saturated carbocycles. The van der Waals surface area contributed by atoms with Crippen LogP contribution in [0.4, 0.5) is 0 Å². The van der Waals surface area contributed by atoms with Gasteiger partial charge in [-0.25, -0.2) is 0 Å². The van der Waals surface area contributed by atoms with Crippen molar-refractivity contribution >= 4 is 11.8 Å². The van der Waals surface area contributed by atoms with Crippen molar-refractivity contribution in [2.75, 3.05) is 5.75 Å². The third-order valence-electron chi connectivity index (χ3n) is 0.889. The SMILES string of the molecule is CCCCS[C](C)C. The fraction of sp³-hybridized carbons (Fsp3) is 0.857. The van der Waals surface area contributed by atoms with Crippen LogP contribution >= 0.6 is 11.8 Å². The van der Waals surface area contributed by atoms with Gasteiger partial charge in [-0.15, -0.1) is 0 Å². The highest BCUT2D eigenvalue weighted by atomic mass is 32.2. The fourth-order valence-corrected chi connectivity index (χ4v) is 1.26. The molecule has 8 heavy (non-hydrogen) atoms. The van der Waals surface area contributed by atoms with Crippen LogP contribution in [0, 0.1) is 5.25 Å². The lowest BCUT2D eigenvalue weighted by Gasteiger charge is -2.00. The van der Waals surface area contributed by atoms with Gasteiger partial charge in [0, 0.05) is 5.25 Å². The molecule has 0 aromatic heterocycles. The first-order valence-corrected chi connectivity index (χ1v) is 4.19. The Morgan fingerprint density at radius 1 is 1.38 bits per heavy atom. The van der Waals surface area contributed by atoms with Crippen LogP contribution < -0.4 is 0 Å². The molecule has 0 aliphatic rings. The van der Waals surface area contributed by atoms with Crippen molar-refractivity contribution in [1.82, 2.24) is 0 Å². The van der Waals surface area contributed by atoms with Crippen molar-refractivity contribution in [3.8, 4) is 0 Å². The van der Waals surface area contributed by atoms with E-state index in [1.165, 1.54) is 23.8 Å². The molecule has 0 nitrogen and oxygen atoms in total. The monoisotopic (exact) mass is 131 g/mol. The third-order valence-corrected chi connectivity index (χ3v) is 1.96. The zero-order chi connectivity index (χ0) is 6.41. The van der Waals surface area contributed by atoms with Crippen LogP contribution in [0.3, 0.4) is 0 Å². The standard InChI is InChI=1S/C7H15S/c1-4-5-6-8-7(2)3/h4-6H2,1-3H3. The maximum Gasteiger partial charge on any atom is 0.0245 e. The predicted molar refractivity (Wildman–Crippen MR) is 42.0 cm³/mol. The molecule has 0 aromatic rings. The van der Waals surface area contributed by atoms with Crippen LogP contribution in [0.2, 0.25) is 0 Å². The average molecular weight is 131 g/mol. The summed E-state index contributed by atoms with van der Waals surface area (Å²) in [6.07, 6.45) is 2.68. The van der Waals surface area contributed by atoms with E-state index in [9.17, 15) is 0 Å². The Labute approximate surface area is 57.1 Å². The lowest BCUT2D eigenvalue weighted by atomic mass is 10.4. The lowest BCUT2D eigenvalue weighted by molar-refractivity contribution is 0.896. The maximum atomic E-state index is 2.23. The molecule has 0 atom stereocenters. The first-order valence-electron chi connectivity index (χ1n) is 3.20. The van der Waals surface area contributed by atoms with Gasteiger partial charge in [0.2, 0.25) is 0 Å². The molecule has 0 unspecified atom stereocenters. The largest absolute Gasteiger partial charge is 0.154 e. The van der Waals surface area contributed by atoms with Gasteiger partial charge in [0.1, 0.15) is 0 Å². The van der Waals surface area contributed by atoms with Crippen molar-refractivity contribution in [2.45, 2.75) is 33.6 Å². The van der Waals surface area contributed by atoms with Crippen LogP contribution in [0.25, 0.3) is 0 Å².